The highest BCUT2D eigenvalue weighted by Crippen LogP contribution is 2.38. The maximum Gasteiger partial charge on any atom is 0.243 e. The third-order valence-electron chi connectivity index (χ3n) is 7.48. The fourth-order valence-corrected chi connectivity index (χ4v) is 5.48. The Morgan fingerprint density at radius 3 is 1.97 bits per heavy atom. The number of hydrogen-bond acceptors (Lipinski definition) is 3. The number of nitrogens with zero attached hydrogens (tertiary/aromatic N) is 1. The van der Waals surface area contributed by atoms with Crippen LogP contribution in [0.1, 0.15) is 47.1 Å². The van der Waals surface area contributed by atoms with Crippen LogP contribution in [0, 0.1) is 11.8 Å². The second-order valence-corrected chi connectivity index (χ2v) is 9.95. The van der Waals surface area contributed by atoms with Crippen molar-refractivity contribution < 1.29 is 9.90 Å². The van der Waals surface area contributed by atoms with E-state index in [0.717, 1.165) is 39.9 Å². The van der Waals surface area contributed by atoms with Gasteiger partial charge in [0.05, 0.1) is 11.6 Å². The van der Waals surface area contributed by atoms with Crippen LogP contribution in [0.2, 0.25) is 0 Å². The molecule has 0 saturated heterocycles. The first-order chi connectivity index (χ1) is 19.1. The number of nitrogens with one attached hydrogen (secondary N) is 1. The second kappa shape index (κ2) is 12.1. The van der Waals surface area contributed by atoms with E-state index in [9.17, 15) is 4.79 Å². The predicted molar refractivity (Wildman–Crippen MR) is 158 cm³/mol. The monoisotopic (exact) mass is 514 g/mol. The highest BCUT2D eigenvalue weighted by molar-refractivity contribution is 5.98. The Bertz CT molecular complexity index is 1360. The number of carbonyl (C=O) groups excluding carboxylic acids is 1. The van der Waals surface area contributed by atoms with Gasteiger partial charge < -0.3 is 10.0 Å². The molecule has 1 atom stereocenters. The van der Waals surface area contributed by atoms with Crippen LogP contribution in [-0.4, -0.2) is 30.7 Å². The smallest absolute Gasteiger partial charge is 0.243 e. The maximum atomic E-state index is 14.1. The zero-order chi connectivity index (χ0) is 27.1. The average molecular weight is 515 g/mol. The summed E-state index contributed by atoms with van der Waals surface area (Å²) in [6, 6.07) is 36.9. The Hall–Kier alpha value is -4.17. The zero-order valence-electron chi connectivity index (χ0n) is 22.3. The third-order valence-corrected chi connectivity index (χ3v) is 7.48. The number of fused-ring (bicyclic) bond motifs is 1. The quantitative estimate of drug-likeness (QED) is 0.190. The number of aliphatic hydroxyl groups is 1. The molecule has 39 heavy (non-hydrogen) atoms. The Labute approximate surface area is 231 Å². The van der Waals surface area contributed by atoms with E-state index < -0.39 is 11.6 Å². The molecule has 0 saturated carbocycles. The van der Waals surface area contributed by atoms with Gasteiger partial charge in [0.15, 0.2) is 0 Å². The zero-order valence-corrected chi connectivity index (χ0v) is 22.3. The fourth-order valence-electron chi connectivity index (χ4n) is 5.48. The van der Waals surface area contributed by atoms with Crippen LogP contribution < -0.4 is 10.2 Å². The molecule has 0 fully saturated rings. The van der Waals surface area contributed by atoms with Crippen LogP contribution in [0.3, 0.4) is 0 Å². The minimum atomic E-state index is -0.717. The van der Waals surface area contributed by atoms with Crippen molar-refractivity contribution in [2.24, 2.45) is 0 Å². The molecule has 0 bridgehead atoms. The number of unbranched alkanes of at least 4 members (excludes halogenated alkanes) is 1. The molecule has 196 valence electrons. The first-order valence-corrected chi connectivity index (χ1v) is 13.6. The van der Waals surface area contributed by atoms with E-state index in [1.807, 2.05) is 37.4 Å². The molecule has 4 heteroatoms. The highest BCUT2D eigenvalue weighted by atomic mass is 16.2. The molecule has 4 aromatic carbocycles. The van der Waals surface area contributed by atoms with Crippen LogP contribution in [0.4, 0.5) is 5.69 Å². The predicted octanol–water partition coefficient (Wildman–Crippen LogP) is 5.67. The highest BCUT2D eigenvalue weighted by Gasteiger charge is 2.41. The molecule has 0 radical (unpaired) electrons. The number of rotatable bonds is 7. The van der Waals surface area contributed by atoms with Gasteiger partial charge in [-0.15, -0.1) is 0 Å². The third kappa shape index (κ3) is 5.52. The Morgan fingerprint density at radius 2 is 1.44 bits per heavy atom. The van der Waals surface area contributed by atoms with Crippen LogP contribution >= 0.6 is 0 Å². The van der Waals surface area contributed by atoms with Gasteiger partial charge in [0.25, 0.3) is 0 Å². The summed E-state index contributed by atoms with van der Waals surface area (Å²) in [5.74, 6) is 6.34. The van der Waals surface area contributed by atoms with Crippen molar-refractivity contribution in [1.29, 1.82) is 0 Å². The van der Waals surface area contributed by atoms with Gasteiger partial charge in [0, 0.05) is 31.3 Å². The Balaban J connectivity index is 1.55. The van der Waals surface area contributed by atoms with E-state index in [1.165, 1.54) is 0 Å². The van der Waals surface area contributed by atoms with Crippen molar-refractivity contribution in [1.82, 2.24) is 5.32 Å². The number of amides is 1. The number of carbonyl (C=O) groups is 1. The van der Waals surface area contributed by atoms with Gasteiger partial charge in [-0.1, -0.05) is 109 Å². The molecule has 0 aromatic heterocycles. The molecule has 0 aliphatic carbocycles. The molecule has 0 unspecified atom stereocenters. The standard InChI is InChI=1S/C35H34N2O2/c1-37-33-26-27(14-6-5-13-25-38)21-22-28(33)23-24-32(34(37)39)36-35(29-15-7-2-8-16-29,30-17-9-3-10-18-30)31-19-11-4-12-20-31/h2-4,7-12,15-22,26,32,36,38H,5,13,23-25H2,1H3/t32-/m0/s1. The van der Waals surface area contributed by atoms with Gasteiger partial charge in [0.2, 0.25) is 5.91 Å². The fraction of sp³-hybridized carbons (Fsp3) is 0.229. The number of aliphatic hydroxyl groups excluding tert-OH is 1. The number of likely N-dealkylation sites (N-methyl/N-ethyl adjacent to an activating group) is 1. The molecule has 2 N–H and O–H groups in total. The summed E-state index contributed by atoms with van der Waals surface area (Å²) in [5.41, 5.74) is 5.46. The van der Waals surface area contributed by atoms with Crippen molar-refractivity contribution >= 4 is 11.6 Å². The Morgan fingerprint density at radius 1 is 0.872 bits per heavy atom. The summed E-state index contributed by atoms with van der Waals surface area (Å²) >= 11 is 0. The number of benzene rings is 4. The summed E-state index contributed by atoms with van der Waals surface area (Å²) in [4.78, 5) is 15.9. The van der Waals surface area contributed by atoms with Gasteiger partial charge in [-0.05, 0) is 53.6 Å². The van der Waals surface area contributed by atoms with E-state index in [4.69, 9.17) is 5.11 Å². The van der Waals surface area contributed by atoms with Gasteiger partial charge >= 0.3 is 0 Å². The number of aryl methyl sites for hydroxylation is 1. The minimum absolute atomic E-state index is 0.0336. The lowest BCUT2D eigenvalue weighted by Gasteiger charge is -2.40. The first kappa shape index (κ1) is 26.4. The summed E-state index contributed by atoms with van der Waals surface area (Å²) in [7, 11) is 1.86. The van der Waals surface area contributed by atoms with Crippen molar-refractivity contribution in [3.63, 3.8) is 0 Å². The lowest BCUT2D eigenvalue weighted by Crippen LogP contribution is -2.55. The molecule has 5 rings (SSSR count). The molecule has 1 heterocycles. The van der Waals surface area contributed by atoms with Crippen molar-refractivity contribution in [3.8, 4) is 11.8 Å². The van der Waals surface area contributed by atoms with Crippen molar-refractivity contribution in [2.75, 3.05) is 18.6 Å². The van der Waals surface area contributed by atoms with Crippen molar-refractivity contribution in [3.05, 3.63) is 137 Å². The number of hydrogen-bond donors (Lipinski definition) is 2. The van der Waals surface area contributed by atoms with Gasteiger partial charge in [-0.2, -0.15) is 0 Å². The molecule has 1 aliphatic rings. The van der Waals surface area contributed by atoms with E-state index in [-0.39, 0.29) is 12.5 Å². The number of anilines is 1. The summed E-state index contributed by atoms with van der Waals surface area (Å²) in [6.07, 6.45) is 2.76. The lowest BCUT2D eigenvalue weighted by molar-refractivity contribution is -0.120. The van der Waals surface area contributed by atoms with Gasteiger partial charge in [0.1, 0.15) is 0 Å². The van der Waals surface area contributed by atoms with Crippen LogP contribution in [0.5, 0.6) is 0 Å². The molecular formula is C35H34N2O2. The molecule has 1 amide bonds. The average Bonchev–Trinajstić information content (AvgIpc) is 3.11. The Kier molecular flexibility index (Phi) is 8.22. The molecule has 4 nitrogen and oxygen atoms in total. The summed E-state index contributed by atoms with van der Waals surface area (Å²) < 4.78 is 0. The molecule has 1 aliphatic heterocycles. The summed E-state index contributed by atoms with van der Waals surface area (Å²) in [5, 5.41) is 12.9. The molecular weight excluding hydrogens is 480 g/mol. The normalized spacial score (nSPS) is 15.2. The van der Waals surface area contributed by atoms with E-state index in [1.54, 1.807) is 4.90 Å². The van der Waals surface area contributed by atoms with Gasteiger partial charge in [-0.25, -0.2) is 0 Å². The van der Waals surface area contributed by atoms with Crippen LogP contribution in [-0.2, 0) is 16.8 Å². The van der Waals surface area contributed by atoms with Crippen LogP contribution in [0.25, 0.3) is 0 Å². The summed E-state index contributed by atoms with van der Waals surface area (Å²) in [6.45, 7) is 0.140. The minimum Gasteiger partial charge on any atom is -0.396 e. The van der Waals surface area contributed by atoms with E-state index >= 15 is 0 Å². The lowest BCUT2D eigenvalue weighted by atomic mass is 9.76. The second-order valence-electron chi connectivity index (χ2n) is 9.95. The SMILES string of the molecule is CN1C(=O)[C@@H](NC(c2ccccc2)(c2ccccc2)c2ccccc2)CCc2ccc(C#CCCCO)cc21. The molecule has 4 aromatic rings. The largest absolute Gasteiger partial charge is 0.396 e. The van der Waals surface area contributed by atoms with Crippen LogP contribution in [0.15, 0.2) is 109 Å². The topological polar surface area (TPSA) is 52.6 Å². The molecule has 0 spiro atoms. The first-order valence-electron chi connectivity index (χ1n) is 13.6. The van der Waals surface area contributed by atoms with E-state index in [0.29, 0.717) is 19.3 Å². The van der Waals surface area contributed by atoms with Gasteiger partial charge in [-0.3, -0.25) is 10.1 Å². The van der Waals surface area contributed by atoms with Crippen molar-refractivity contribution in [2.45, 2.75) is 37.3 Å². The maximum absolute atomic E-state index is 14.1. The van der Waals surface area contributed by atoms with E-state index in [2.05, 4.69) is 96.0 Å².